The molecule has 0 spiro atoms. The van der Waals surface area contributed by atoms with Crippen molar-refractivity contribution in [2.24, 2.45) is 0 Å². The van der Waals surface area contributed by atoms with Crippen molar-refractivity contribution in [1.82, 2.24) is 9.55 Å². The molecule has 0 fully saturated rings. The molecule has 2 nitrogen and oxygen atoms in total. The minimum absolute atomic E-state index is 0. The van der Waals surface area contributed by atoms with E-state index >= 15 is 0 Å². The number of hydrogen-bond acceptors (Lipinski definition) is 1. The van der Waals surface area contributed by atoms with E-state index in [1.165, 1.54) is 4.57 Å². The van der Waals surface area contributed by atoms with E-state index in [9.17, 15) is 35.1 Å². The van der Waals surface area contributed by atoms with Crippen molar-refractivity contribution in [2.75, 3.05) is 0 Å². The Bertz CT molecular complexity index is 1380. The third kappa shape index (κ3) is 2.99. The fraction of sp³-hybridized carbons (Fsp3) is 0.174. The van der Waals surface area contributed by atoms with Crippen LogP contribution in [0.4, 0.5) is 35.1 Å². The minimum atomic E-state index is -6.32. The van der Waals surface area contributed by atoms with Gasteiger partial charge in [0.1, 0.15) is 0 Å². The number of imidazole rings is 1. The molecule has 34 heavy (non-hydrogen) atoms. The standard InChI is InChI=1S/C23H11F8N2.Ir/c24-20(25)15-11-10-13(12-16(15)21(26,27)23(30,31)22(20,28)29)19-32-17-8-4-5-9-18(17)33(19)14-6-2-1-3-7-14;/h1-9,11-12H;/q-1;. The Morgan fingerprint density at radius 3 is 1.91 bits per heavy atom. The maximum atomic E-state index is 14.5. The molecule has 1 aliphatic rings. The van der Waals surface area contributed by atoms with Gasteiger partial charge in [-0.15, -0.1) is 23.8 Å². The SMILES string of the molecule is FC1(F)c2c[c-]c(-c3nc4ccccc4n3-c3ccccc3)cc2C(F)(F)C(F)(F)C1(F)F.[Ir]. The molecule has 0 saturated heterocycles. The molecule has 1 radical (unpaired) electrons. The summed E-state index contributed by atoms with van der Waals surface area (Å²) in [5.74, 6) is -23.8. The van der Waals surface area contributed by atoms with Crippen molar-refractivity contribution in [3.63, 3.8) is 0 Å². The molecule has 0 atom stereocenters. The first-order valence-corrected chi connectivity index (χ1v) is 9.52. The topological polar surface area (TPSA) is 17.8 Å². The number of rotatable bonds is 2. The Balaban J connectivity index is 0.00000274. The molecule has 0 saturated carbocycles. The van der Waals surface area contributed by atoms with Gasteiger partial charge in [0.2, 0.25) is 0 Å². The van der Waals surface area contributed by atoms with E-state index in [-0.39, 0.29) is 37.6 Å². The van der Waals surface area contributed by atoms with E-state index in [4.69, 9.17) is 0 Å². The van der Waals surface area contributed by atoms with Crippen molar-refractivity contribution in [3.05, 3.63) is 83.9 Å². The number of aromatic nitrogens is 2. The van der Waals surface area contributed by atoms with Crippen LogP contribution in [0.3, 0.4) is 0 Å². The van der Waals surface area contributed by atoms with Crippen LogP contribution >= 0.6 is 0 Å². The normalized spacial score (nSPS) is 19.3. The van der Waals surface area contributed by atoms with Gasteiger partial charge in [-0.1, -0.05) is 30.3 Å². The second kappa shape index (κ2) is 7.61. The molecule has 179 valence electrons. The average molecular weight is 660 g/mol. The van der Waals surface area contributed by atoms with E-state index < -0.39 is 34.8 Å². The number of halogens is 8. The van der Waals surface area contributed by atoms with Crippen molar-refractivity contribution >= 4 is 11.0 Å². The zero-order valence-corrected chi connectivity index (χ0v) is 19.0. The zero-order chi connectivity index (χ0) is 23.8. The third-order valence-electron chi connectivity index (χ3n) is 5.63. The quantitative estimate of drug-likeness (QED) is 0.168. The first-order valence-electron chi connectivity index (χ1n) is 9.52. The Labute approximate surface area is 200 Å². The number of para-hydroxylation sites is 3. The van der Waals surface area contributed by atoms with Crippen LogP contribution in [0, 0.1) is 6.07 Å². The molecule has 0 N–H and O–H groups in total. The van der Waals surface area contributed by atoms with Gasteiger partial charge in [-0.2, -0.15) is 26.3 Å². The number of nitrogens with zero attached hydrogens (tertiary/aromatic N) is 2. The van der Waals surface area contributed by atoms with Crippen LogP contribution < -0.4 is 0 Å². The number of fused-ring (bicyclic) bond motifs is 2. The Morgan fingerprint density at radius 1 is 0.706 bits per heavy atom. The molecule has 3 aromatic carbocycles. The molecule has 4 aromatic rings. The molecule has 5 rings (SSSR count). The molecule has 1 aliphatic carbocycles. The van der Waals surface area contributed by atoms with E-state index in [2.05, 4.69) is 11.1 Å². The monoisotopic (exact) mass is 660 g/mol. The van der Waals surface area contributed by atoms with Gasteiger partial charge in [-0.05, 0) is 35.4 Å². The molecule has 1 aromatic heterocycles. The van der Waals surface area contributed by atoms with E-state index in [0.717, 1.165) is 0 Å². The summed E-state index contributed by atoms with van der Waals surface area (Å²) in [6.07, 6.45) is 0. The molecule has 0 amide bonds. The van der Waals surface area contributed by atoms with Gasteiger partial charge in [-0.25, -0.2) is 8.78 Å². The van der Waals surface area contributed by atoms with Gasteiger partial charge >= 0.3 is 23.7 Å². The summed E-state index contributed by atoms with van der Waals surface area (Å²) in [4.78, 5) is 4.32. The van der Waals surface area contributed by atoms with Crippen LogP contribution in [0.15, 0.2) is 66.7 Å². The van der Waals surface area contributed by atoms with Crippen LogP contribution in [0.2, 0.25) is 0 Å². The van der Waals surface area contributed by atoms with E-state index in [0.29, 0.717) is 22.8 Å². The molecule has 0 aliphatic heterocycles. The minimum Gasteiger partial charge on any atom is -0.333 e. The fourth-order valence-corrected chi connectivity index (χ4v) is 3.92. The van der Waals surface area contributed by atoms with Crippen molar-refractivity contribution in [2.45, 2.75) is 23.7 Å². The molecular formula is C23H11F8IrN2-. The van der Waals surface area contributed by atoms with Gasteiger partial charge in [0.25, 0.3) is 0 Å². The first kappa shape index (κ1) is 24.3. The molecule has 0 unspecified atom stereocenters. The summed E-state index contributed by atoms with van der Waals surface area (Å²) < 4.78 is 115. The van der Waals surface area contributed by atoms with Gasteiger partial charge < -0.3 is 4.57 Å². The second-order valence-electron chi connectivity index (χ2n) is 7.57. The van der Waals surface area contributed by atoms with E-state index in [1.807, 2.05) is 0 Å². The molecule has 0 bridgehead atoms. The molecule has 1 heterocycles. The first-order chi connectivity index (χ1) is 15.4. The van der Waals surface area contributed by atoms with Gasteiger partial charge in [0.15, 0.2) is 0 Å². The van der Waals surface area contributed by atoms with Crippen molar-refractivity contribution < 1.29 is 55.2 Å². The summed E-state index contributed by atoms with van der Waals surface area (Å²) >= 11 is 0. The van der Waals surface area contributed by atoms with Gasteiger partial charge in [0, 0.05) is 25.8 Å². The Hall–Kier alpha value is -2.78. The van der Waals surface area contributed by atoms with Crippen molar-refractivity contribution in [1.29, 1.82) is 0 Å². The smallest absolute Gasteiger partial charge is 0.333 e. The summed E-state index contributed by atoms with van der Waals surface area (Å²) in [6.45, 7) is 0. The third-order valence-corrected chi connectivity index (χ3v) is 5.63. The predicted molar refractivity (Wildman–Crippen MR) is 103 cm³/mol. The Kier molecular flexibility index (Phi) is 5.45. The number of hydrogen-bond donors (Lipinski definition) is 0. The second-order valence-corrected chi connectivity index (χ2v) is 7.57. The average Bonchev–Trinajstić information content (AvgIpc) is 3.18. The van der Waals surface area contributed by atoms with Gasteiger partial charge in [-0.3, -0.25) is 4.98 Å². The molecular weight excluding hydrogens is 648 g/mol. The number of alkyl halides is 8. The largest absolute Gasteiger partial charge is 0.380 e. The van der Waals surface area contributed by atoms with Crippen molar-refractivity contribution in [3.8, 4) is 17.1 Å². The fourth-order valence-electron chi connectivity index (χ4n) is 3.92. The van der Waals surface area contributed by atoms with Gasteiger partial charge in [0.05, 0.1) is 16.9 Å². The zero-order valence-electron chi connectivity index (χ0n) is 16.6. The van der Waals surface area contributed by atoms with Crippen LogP contribution in [0.1, 0.15) is 11.1 Å². The van der Waals surface area contributed by atoms with Crippen LogP contribution in [-0.4, -0.2) is 21.4 Å². The summed E-state index contributed by atoms with van der Waals surface area (Å²) in [6, 6.07) is 17.8. The summed E-state index contributed by atoms with van der Waals surface area (Å²) in [7, 11) is 0. The summed E-state index contributed by atoms with van der Waals surface area (Å²) in [5, 5.41) is 0. The van der Waals surface area contributed by atoms with Crippen LogP contribution in [0.25, 0.3) is 28.1 Å². The molecule has 11 heteroatoms. The van der Waals surface area contributed by atoms with Crippen LogP contribution in [-0.2, 0) is 32.0 Å². The Morgan fingerprint density at radius 2 is 1.26 bits per heavy atom. The van der Waals surface area contributed by atoms with E-state index in [1.54, 1.807) is 54.6 Å². The maximum absolute atomic E-state index is 14.5. The maximum Gasteiger partial charge on any atom is 0.380 e. The number of benzene rings is 3. The summed E-state index contributed by atoms with van der Waals surface area (Å²) in [5.41, 5.74) is -2.72. The predicted octanol–water partition coefficient (Wildman–Crippen LogP) is 6.96. The van der Waals surface area contributed by atoms with Crippen LogP contribution in [0.5, 0.6) is 0 Å².